The van der Waals surface area contributed by atoms with E-state index in [-0.39, 0.29) is 17.2 Å². The van der Waals surface area contributed by atoms with Crippen LogP contribution in [-0.2, 0) is 17.6 Å². The van der Waals surface area contributed by atoms with Crippen LogP contribution in [0, 0.1) is 5.92 Å². The summed E-state index contributed by atoms with van der Waals surface area (Å²) in [4.78, 5) is 38.9. The first kappa shape index (κ1) is 28.1. The third-order valence-corrected chi connectivity index (χ3v) is 6.87. The van der Waals surface area contributed by atoms with Crippen LogP contribution in [0.4, 0.5) is 4.79 Å². The number of aromatic hydroxyl groups is 1. The molecule has 2 aromatic heterocycles. The number of unbranched alkanes of at least 4 members (excludes halogenated alkanes) is 2. The first-order chi connectivity index (χ1) is 16.8. The van der Waals surface area contributed by atoms with Crippen molar-refractivity contribution < 1.29 is 23.8 Å². The SMILES string of the molecule is C=CCCCCc1ccc(CC(C)C(=O)c2c(O)cc(C(C)CC/C=C/NC(=O)OC)oc2=O)s1. The van der Waals surface area contributed by atoms with E-state index in [1.165, 1.54) is 24.3 Å². The van der Waals surface area contributed by atoms with Crippen LogP contribution in [0.1, 0.15) is 77.7 Å². The zero-order valence-electron chi connectivity index (χ0n) is 20.7. The number of carbonyl (C=O) groups excluding carboxylic acids is 2. The molecule has 0 spiro atoms. The van der Waals surface area contributed by atoms with Gasteiger partial charge < -0.3 is 14.3 Å². The highest BCUT2D eigenvalue weighted by Gasteiger charge is 2.25. The van der Waals surface area contributed by atoms with E-state index < -0.39 is 23.4 Å². The van der Waals surface area contributed by atoms with Crippen LogP contribution in [0.5, 0.6) is 5.75 Å². The molecule has 2 unspecified atom stereocenters. The number of allylic oxidation sites excluding steroid dienone is 2. The van der Waals surface area contributed by atoms with Crippen molar-refractivity contribution in [1.29, 1.82) is 0 Å². The molecule has 0 radical (unpaired) electrons. The molecule has 1 amide bonds. The minimum absolute atomic E-state index is 0.172. The molecule has 7 nitrogen and oxygen atoms in total. The Balaban J connectivity index is 1.97. The molecule has 0 aliphatic heterocycles. The fourth-order valence-electron chi connectivity index (χ4n) is 3.62. The van der Waals surface area contributed by atoms with Gasteiger partial charge >= 0.3 is 11.7 Å². The number of ether oxygens (including phenoxy) is 1. The van der Waals surface area contributed by atoms with Gasteiger partial charge in [0.25, 0.3) is 0 Å². The maximum absolute atomic E-state index is 13.0. The van der Waals surface area contributed by atoms with Crippen molar-refractivity contribution in [3.05, 3.63) is 74.6 Å². The highest BCUT2D eigenvalue weighted by atomic mass is 32.1. The predicted octanol–water partition coefficient (Wildman–Crippen LogP) is 6.12. The number of carbonyl (C=O) groups is 2. The Bertz CT molecular complexity index is 1080. The Morgan fingerprint density at radius 2 is 1.97 bits per heavy atom. The first-order valence-electron chi connectivity index (χ1n) is 11.9. The van der Waals surface area contributed by atoms with Crippen LogP contribution in [0.2, 0.25) is 0 Å². The predicted molar refractivity (Wildman–Crippen MR) is 138 cm³/mol. The summed E-state index contributed by atoms with van der Waals surface area (Å²) >= 11 is 1.68. The Morgan fingerprint density at radius 3 is 2.66 bits per heavy atom. The van der Waals surface area contributed by atoms with Gasteiger partial charge in [-0.05, 0) is 57.1 Å². The molecular weight excluding hydrogens is 466 g/mol. The summed E-state index contributed by atoms with van der Waals surface area (Å²) in [6, 6.07) is 5.47. The molecule has 2 heterocycles. The fraction of sp³-hybridized carbons (Fsp3) is 0.444. The first-order valence-corrected chi connectivity index (χ1v) is 12.7. The van der Waals surface area contributed by atoms with Crippen molar-refractivity contribution in [2.45, 2.75) is 64.7 Å². The maximum atomic E-state index is 13.0. The average Bonchev–Trinajstić information content (AvgIpc) is 3.27. The van der Waals surface area contributed by atoms with E-state index in [4.69, 9.17) is 4.42 Å². The minimum Gasteiger partial charge on any atom is -0.507 e. The van der Waals surface area contributed by atoms with Crippen LogP contribution < -0.4 is 10.9 Å². The van der Waals surface area contributed by atoms with E-state index in [0.717, 1.165) is 30.6 Å². The Labute approximate surface area is 210 Å². The average molecular weight is 502 g/mol. The largest absolute Gasteiger partial charge is 0.507 e. The lowest BCUT2D eigenvalue weighted by atomic mass is 9.95. The second-order valence-corrected chi connectivity index (χ2v) is 9.84. The Kier molecular flexibility index (Phi) is 11.5. The Morgan fingerprint density at radius 1 is 1.23 bits per heavy atom. The van der Waals surface area contributed by atoms with Gasteiger partial charge in [-0.1, -0.05) is 26.0 Å². The normalized spacial score (nSPS) is 12.9. The summed E-state index contributed by atoms with van der Waals surface area (Å²) in [6.45, 7) is 7.36. The van der Waals surface area contributed by atoms with Crippen LogP contribution in [0.3, 0.4) is 0 Å². The zero-order chi connectivity index (χ0) is 25.8. The monoisotopic (exact) mass is 501 g/mol. The van der Waals surface area contributed by atoms with Crippen molar-refractivity contribution in [2.24, 2.45) is 5.92 Å². The minimum atomic E-state index is -0.819. The molecule has 2 aromatic rings. The maximum Gasteiger partial charge on any atom is 0.410 e. The topological polar surface area (TPSA) is 106 Å². The van der Waals surface area contributed by atoms with Gasteiger partial charge in [-0.25, -0.2) is 9.59 Å². The number of nitrogens with one attached hydrogen (secondary N) is 1. The molecule has 0 aromatic carbocycles. The lowest BCUT2D eigenvalue weighted by Crippen LogP contribution is -2.22. The van der Waals surface area contributed by atoms with Gasteiger partial charge in [0.15, 0.2) is 5.78 Å². The molecule has 0 aliphatic rings. The molecule has 0 aliphatic carbocycles. The third-order valence-electron chi connectivity index (χ3n) is 5.71. The van der Waals surface area contributed by atoms with Crippen LogP contribution in [0.25, 0.3) is 0 Å². The van der Waals surface area contributed by atoms with Crippen LogP contribution in [0.15, 0.2) is 52.3 Å². The fourth-order valence-corrected chi connectivity index (χ4v) is 4.81. The van der Waals surface area contributed by atoms with Gasteiger partial charge in [-0.3, -0.25) is 10.1 Å². The van der Waals surface area contributed by atoms with Crippen molar-refractivity contribution in [3.63, 3.8) is 0 Å². The molecule has 0 saturated heterocycles. The number of aryl methyl sites for hydroxylation is 1. The van der Waals surface area contributed by atoms with E-state index >= 15 is 0 Å². The summed E-state index contributed by atoms with van der Waals surface area (Å²) in [5.41, 5.74) is -1.11. The van der Waals surface area contributed by atoms with Gasteiger partial charge in [0.05, 0.1) is 7.11 Å². The number of rotatable bonds is 14. The van der Waals surface area contributed by atoms with E-state index in [2.05, 4.69) is 22.7 Å². The molecule has 8 heteroatoms. The smallest absolute Gasteiger partial charge is 0.410 e. The van der Waals surface area contributed by atoms with Crippen molar-refractivity contribution in [3.8, 4) is 5.75 Å². The lowest BCUT2D eigenvalue weighted by Gasteiger charge is -2.13. The van der Waals surface area contributed by atoms with Crippen LogP contribution >= 0.6 is 11.3 Å². The highest BCUT2D eigenvalue weighted by molar-refractivity contribution is 7.12. The molecule has 35 heavy (non-hydrogen) atoms. The van der Waals surface area contributed by atoms with Crippen molar-refractivity contribution >= 4 is 23.2 Å². The molecule has 2 N–H and O–H groups in total. The van der Waals surface area contributed by atoms with E-state index in [1.54, 1.807) is 24.3 Å². The molecule has 2 rings (SSSR count). The number of amides is 1. The zero-order valence-corrected chi connectivity index (χ0v) is 21.5. The number of hydrogen-bond donors (Lipinski definition) is 2. The summed E-state index contributed by atoms with van der Waals surface area (Å²) in [5.74, 6) is -1.10. The van der Waals surface area contributed by atoms with Gasteiger partial charge in [-0.2, -0.15) is 0 Å². The summed E-state index contributed by atoms with van der Waals surface area (Å²) in [7, 11) is 1.28. The summed E-state index contributed by atoms with van der Waals surface area (Å²) in [5, 5.41) is 12.9. The number of alkyl carbamates (subject to hydrolysis) is 1. The number of hydrogen-bond acceptors (Lipinski definition) is 7. The number of ketones is 1. The van der Waals surface area contributed by atoms with Gasteiger partial charge in [-0.15, -0.1) is 17.9 Å². The Hall–Kier alpha value is -3.13. The molecule has 190 valence electrons. The highest BCUT2D eigenvalue weighted by Crippen LogP contribution is 2.28. The molecule has 2 atom stereocenters. The van der Waals surface area contributed by atoms with Gasteiger partial charge in [0.2, 0.25) is 0 Å². The van der Waals surface area contributed by atoms with Crippen LogP contribution in [-0.4, -0.2) is 24.1 Å². The number of thiophene rings is 1. The molecule has 0 saturated carbocycles. The van der Waals surface area contributed by atoms with E-state index in [1.807, 2.05) is 19.1 Å². The lowest BCUT2D eigenvalue weighted by molar-refractivity contribution is 0.0922. The molecule has 0 bridgehead atoms. The third kappa shape index (κ3) is 8.87. The summed E-state index contributed by atoms with van der Waals surface area (Å²) in [6.07, 6.45) is 10.5. The number of Topliss-reactive ketones (excluding diaryl/α,β-unsaturated/α-hetero) is 1. The number of methoxy groups -OCH3 is 1. The summed E-state index contributed by atoms with van der Waals surface area (Å²) < 4.78 is 9.87. The van der Waals surface area contributed by atoms with Gasteiger partial charge in [0, 0.05) is 33.9 Å². The molecular formula is C27H35NO6S. The second kappa shape index (κ2) is 14.3. The van der Waals surface area contributed by atoms with Crippen molar-refractivity contribution in [2.75, 3.05) is 7.11 Å². The standard InChI is InChI=1S/C27H35NO6S/c1-5-6-7-8-12-20-13-14-21(35-20)16-19(3)25(30)24-22(29)17-23(34-26(24)31)18(2)11-9-10-15-28-27(32)33-4/h5,10,13-15,17-19,29H,1,6-9,11-12,16H2,2-4H3,(H,28,32)/b15-10+. The van der Waals surface area contributed by atoms with E-state index in [9.17, 15) is 19.5 Å². The van der Waals surface area contributed by atoms with E-state index in [0.29, 0.717) is 25.0 Å². The second-order valence-electron chi connectivity index (χ2n) is 8.59. The quantitative estimate of drug-likeness (QED) is 0.183. The van der Waals surface area contributed by atoms with Crippen molar-refractivity contribution in [1.82, 2.24) is 5.32 Å². The molecule has 0 fully saturated rings. The van der Waals surface area contributed by atoms with Gasteiger partial charge in [0.1, 0.15) is 17.1 Å².